The molecule has 1 aliphatic carbocycles. The fourth-order valence-electron chi connectivity index (χ4n) is 15.8. The van der Waals surface area contributed by atoms with Crippen molar-refractivity contribution in [3.05, 3.63) is 313 Å². The van der Waals surface area contributed by atoms with Crippen molar-refractivity contribution in [1.29, 1.82) is 10.5 Å². The lowest BCUT2D eigenvalue weighted by molar-refractivity contribution is 0.591. The molecule has 13 aromatic carbocycles. The Morgan fingerprint density at radius 2 is 0.765 bits per heavy atom. The number of halogens is 1. The monoisotopic (exact) mass is 1320 g/mol. The van der Waals surface area contributed by atoms with E-state index >= 15 is 0 Å². The third-order valence-corrected chi connectivity index (χ3v) is 20.7. The molecule has 11 heteroatoms. The van der Waals surface area contributed by atoms with Crippen molar-refractivity contribution in [3.8, 4) is 68.8 Å². The Balaban J connectivity index is 0.000000146. The molecular formula is C91H61FN10. The lowest BCUT2D eigenvalue weighted by Gasteiger charge is -2.22. The summed E-state index contributed by atoms with van der Waals surface area (Å²) in [7, 11) is 0. The minimum atomic E-state index is -0.420. The maximum absolute atomic E-state index is 14.3. The summed E-state index contributed by atoms with van der Waals surface area (Å²) in [6.07, 6.45) is 0. The Bertz CT molecular complexity index is 7190. The lowest BCUT2D eigenvalue weighted by Crippen LogP contribution is -2.15. The van der Waals surface area contributed by atoms with Gasteiger partial charge in [-0.15, -0.1) is 0 Å². The SMILES string of the molecule is CC1(C)c2ccccc2-c2ccc(-n3c4ccccc4c4cc(-c5ccc6c(c5)c5ccccc5n6-c5nc(C#N)c6ccc(F)cc6n5)ccc43)cc21.[2H]c1c([2H])c([2H])c(-n2c3ccccc3c3cc(-c4ccc5c(c4)c4ccccc4n5-c4nc(C#N)c5ccc(C(C)(C)C)cc5n4)ccc32)c([2H])c1[2H]. The van der Waals surface area contributed by atoms with Crippen molar-refractivity contribution in [3.63, 3.8) is 0 Å². The van der Waals surface area contributed by atoms with Crippen molar-refractivity contribution in [1.82, 2.24) is 38.2 Å². The summed E-state index contributed by atoms with van der Waals surface area (Å²) in [5.41, 5.74) is 20.8. The van der Waals surface area contributed by atoms with Crippen LogP contribution in [0.15, 0.2) is 279 Å². The average molecular weight is 1320 g/mol. The molecule has 0 N–H and O–H groups in total. The van der Waals surface area contributed by atoms with Gasteiger partial charge in [-0.1, -0.05) is 186 Å². The van der Waals surface area contributed by atoms with Crippen molar-refractivity contribution in [2.75, 3.05) is 0 Å². The maximum atomic E-state index is 14.3. The fraction of sp³-hybridized carbons (Fsp3) is 0.0769. The lowest BCUT2D eigenvalue weighted by atomic mass is 9.82. The van der Waals surface area contributed by atoms with Gasteiger partial charge < -0.3 is 9.13 Å². The number of hydrogen-bond acceptors (Lipinski definition) is 6. The largest absolute Gasteiger partial charge is 0.309 e. The smallest absolute Gasteiger partial charge is 0.236 e. The summed E-state index contributed by atoms with van der Waals surface area (Å²) in [5.74, 6) is 0.350. The summed E-state index contributed by atoms with van der Waals surface area (Å²) >= 11 is 0. The molecule has 0 fully saturated rings. The molecule has 0 atom stereocenters. The number of nitrogens with zero attached hydrogens (tertiary/aromatic N) is 10. The van der Waals surface area contributed by atoms with Gasteiger partial charge in [-0.3, -0.25) is 9.13 Å². The van der Waals surface area contributed by atoms with Gasteiger partial charge in [0.1, 0.15) is 18.0 Å². The van der Waals surface area contributed by atoms with Gasteiger partial charge in [-0.25, -0.2) is 24.3 Å². The third kappa shape index (κ3) is 9.21. The number of para-hydroxylation sites is 5. The second-order valence-electron chi connectivity index (χ2n) is 27.8. The Labute approximate surface area is 593 Å². The molecule has 0 unspecified atom stereocenters. The van der Waals surface area contributed by atoms with E-state index in [0.29, 0.717) is 28.5 Å². The molecule has 0 saturated heterocycles. The Morgan fingerprint density at radius 3 is 1.25 bits per heavy atom. The van der Waals surface area contributed by atoms with Crippen LogP contribution in [0, 0.1) is 28.5 Å². The molecule has 20 rings (SSSR count). The molecule has 19 aromatic rings. The van der Waals surface area contributed by atoms with Gasteiger partial charge in [0.15, 0.2) is 11.4 Å². The summed E-state index contributed by atoms with van der Waals surface area (Å²) in [5, 5.41) is 29.7. The molecule has 10 nitrogen and oxygen atoms in total. The predicted molar refractivity (Wildman–Crippen MR) is 413 cm³/mol. The zero-order valence-electron chi connectivity index (χ0n) is 61.0. The van der Waals surface area contributed by atoms with Crippen LogP contribution in [0.5, 0.6) is 0 Å². The van der Waals surface area contributed by atoms with Crippen LogP contribution in [0.25, 0.3) is 166 Å². The van der Waals surface area contributed by atoms with E-state index in [1.807, 2.05) is 94.1 Å². The second kappa shape index (κ2) is 22.6. The van der Waals surface area contributed by atoms with Crippen LogP contribution >= 0.6 is 0 Å². The van der Waals surface area contributed by atoms with E-state index in [4.69, 9.17) is 21.8 Å². The molecule has 0 spiro atoms. The van der Waals surface area contributed by atoms with E-state index in [-0.39, 0.29) is 46.4 Å². The van der Waals surface area contributed by atoms with Crippen LogP contribution in [-0.2, 0) is 10.8 Å². The van der Waals surface area contributed by atoms with Gasteiger partial charge in [-0.05, 0) is 177 Å². The van der Waals surface area contributed by atoms with Crippen molar-refractivity contribution >= 4 is 109 Å². The zero-order chi connectivity index (χ0) is 73.2. The second-order valence-corrected chi connectivity index (χ2v) is 27.8. The van der Waals surface area contributed by atoms with Crippen molar-refractivity contribution in [2.24, 2.45) is 0 Å². The van der Waals surface area contributed by atoms with Crippen LogP contribution < -0.4 is 0 Å². The van der Waals surface area contributed by atoms with Gasteiger partial charge in [0.05, 0.1) is 62.0 Å². The normalized spacial score (nSPS) is 13.4. The van der Waals surface area contributed by atoms with Crippen LogP contribution in [-0.4, -0.2) is 38.2 Å². The molecular weight excluding hydrogens is 1250 g/mol. The molecule has 1 aliphatic rings. The first-order chi connectivity index (χ1) is 51.8. The average Bonchev–Trinajstić information content (AvgIpc) is 1.51. The van der Waals surface area contributed by atoms with Crippen molar-refractivity contribution < 1.29 is 11.2 Å². The molecule has 0 bridgehead atoms. The van der Waals surface area contributed by atoms with Gasteiger partial charge in [0.2, 0.25) is 11.9 Å². The molecule has 0 amide bonds. The number of aromatic nitrogens is 8. The summed E-state index contributed by atoms with van der Waals surface area (Å²) in [6, 6.07) is 87.0. The minimum absolute atomic E-state index is 0.0901. The quantitative estimate of drug-likeness (QED) is 0.164. The number of rotatable bonds is 6. The molecule has 482 valence electrons. The predicted octanol–water partition coefficient (Wildman–Crippen LogP) is 22.5. The van der Waals surface area contributed by atoms with Gasteiger partial charge in [0, 0.05) is 76.7 Å². The molecule has 6 heterocycles. The zero-order valence-corrected chi connectivity index (χ0v) is 56.0. The van der Waals surface area contributed by atoms with Gasteiger partial charge in [-0.2, -0.15) is 10.5 Å². The van der Waals surface area contributed by atoms with Crippen LogP contribution in [0.3, 0.4) is 0 Å². The van der Waals surface area contributed by atoms with Crippen LogP contribution in [0.1, 0.15) is 69.6 Å². The Morgan fingerprint density at radius 1 is 0.363 bits per heavy atom. The molecule has 6 aromatic heterocycles. The summed E-state index contributed by atoms with van der Waals surface area (Å²) in [6.45, 7) is 11.1. The van der Waals surface area contributed by atoms with Gasteiger partial charge >= 0.3 is 0 Å². The standard InChI is InChI=1S/C48H30FN5.C43H31N5/c1-48(2)39-12-6-3-9-32(39)33-20-18-31(26-40(33)48)53-43-13-7-4-10-34(43)37-23-28(15-21-45(37)53)29-16-22-46-38(24-29)35-11-5-8-14-44(35)54(46)47-51-41-25-30(49)17-19-36(41)42(27-50)52-47;1-43(2,3)29-19-20-33-36(25-29)45-42(46-37(33)26-44)48-39-16-10-8-14-32(39)35-24-28(18-22-41(35)48)27-17-21-40-34(23-27)31-13-7-9-15-38(31)47(40)30-11-5-4-6-12-30/h3-26H,1-2H3;4-25H,1-3H3/i;4D,5D,6D,11D,12D. The first kappa shape index (κ1) is 54.6. The van der Waals surface area contributed by atoms with E-state index in [2.05, 4.69) is 202 Å². The van der Waals surface area contributed by atoms with E-state index in [0.717, 1.165) is 115 Å². The molecule has 0 saturated carbocycles. The van der Waals surface area contributed by atoms with Crippen molar-refractivity contribution in [2.45, 2.75) is 45.4 Å². The Hall–Kier alpha value is -13.4. The molecule has 0 radical (unpaired) electrons. The van der Waals surface area contributed by atoms with E-state index in [9.17, 15) is 14.9 Å². The topological polar surface area (TPSA) is 119 Å². The van der Waals surface area contributed by atoms with Crippen LogP contribution in [0.4, 0.5) is 4.39 Å². The highest BCUT2D eigenvalue weighted by Gasteiger charge is 2.36. The number of fused-ring (bicyclic) bond motifs is 17. The van der Waals surface area contributed by atoms with E-state index in [1.165, 1.54) is 50.7 Å². The number of hydrogen-bond donors (Lipinski definition) is 0. The highest BCUT2D eigenvalue weighted by atomic mass is 19.1. The summed E-state index contributed by atoms with van der Waals surface area (Å²) in [4.78, 5) is 19.2. The Kier molecular flexibility index (Phi) is 12.1. The third-order valence-electron chi connectivity index (χ3n) is 20.7. The minimum Gasteiger partial charge on any atom is -0.309 e. The highest BCUT2D eigenvalue weighted by Crippen LogP contribution is 2.50. The van der Waals surface area contributed by atoms with Crippen LogP contribution in [0.2, 0.25) is 0 Å². The number of benzene rings is 13. The molecule has 102 heavy (non-hydrogen) atoms. The van der Waals surface area contributed by atoms with Gasteiger partial charge in [0.25, 0.3) is 0 Å². The van der Waals surface area contributed by atoms with E-state index in [1.54, 1.807) is 10.6 Å². The maximum Gasteiger partial charge on any atom is 0.236 e. The van der Waals surface area contributed by atoms with E-state index < -0.39 is 11.9 Å². The summed E-state index contributed by atoms with van der Waals surface area (Å²) < 4.78 is 64.7. The number of nitriles is 2. The molecule has 0 aliphatic heterocycles. The first-order valence-electron chi connectivity index (χ1n) is 36.4. The highest BCUT2D eigenvalue weighted by molar-refractivity contribution is 6.15. The fourth-order valence-corrected chi connectivity index (χ4v) is 15.8. The first-order valence-corrected chi connectivity index (χ1v) is 33.9.